The Morgan fingerprint density at radius 3 is 2.16 bits per heavy atom. The first kappa shape index (κ1) is 17.2. The van der Waals surface area contributed by atoms with Crippen molar-refractivity contribution in [1.82, 2.24) is 4.98 Å². The van der Waals surface area contributed by atoms with Crippen LogP contribution in [0.3, 0.4) is 0 Å². The number of nitrogens with zero attached hydrogens (tertiary/aromatic N) is 1. The molecule has 0 unspecified atom stereocenters. The zero-order valence-electron chi connectivity index (χ0n) is 13.8. The molecule has 0 radical (unpaired) electrons. The van der Waals surface area contributed by atoms with E-state index in [4.69, 9.17) is 0 Å². The molecule has 0 aliphatic carbocycles. The first-order chi connectivity index (χ1) is 12.1. The van der Waals surface area contributed by atoms with Crippen molar-refractivity contribution >= 4 is 15.7 Å². The summed E-state index contributed by atoms with van der Waals surface area (Å²) in [5.41, 5.74) is 3.44. The topological polar surface area (TPSA) is 59.1 Å². The lowest BCUT2D eigenvalue weighted by Gasteiger charge is -2.08. The van der Waals surface area contributed by atoms with Crippen LogP contribution in [0, 0.1) is 0 Å². The molecular formula is C20H20N2O2S. The Kier molecular flexibility index (Phi) is 5.46. The van der Waals surface area contributed by atoms with Gasteiger partial charge in [0.05, 0.1) is 23.3 Å². The van der Waals surface area contributed by atoms with Crippen molar-refractivity contribution in [2.45, 2.75) is 12.8 Å². The molecule has 3 aromatic rings. The zero-order chi connectivity index (χ0) is 17.5. The standard InChI is InChI=1S/C20H20N2O2S/c23-25(24,15-7-10-17-8-3-1-4-9-17)22-19-13-14-20(21-16-19)18-11-5-2-6-12-18/h1-6,8-9,11-14,16,22H,7,10,15H2. The summed E-state index contributed by atoms with van der Waals surface area (Å²) in [6.07, 6.45) is 2.87. The van der Waals surface area contributed by atoms with Gasteiger partial charge in [0.25, 0.3) is 0 Å². The number of hydrogen-bond acceptors (Lipinski definition) is 3. The molecule has 2 aromatic carbocycles. The van der Waals surface area contributed by atoms with Gasteiger partial charge in [-0.25, -0.2) is 8.42 Å². The molecule has 128 valence electrons. The van der Waals surface area contributed by atoms with Gasteiger partial charge >= 0.3 is 0 Å². The second-order valence-corrected chi connectivity index (χ2v) is 7.65. The molecule has 0 bridgehead atoms. The number of nitrogens with one attached hydrogen (secondary N) is 1. The van der Waals surface area contributed by atoms with Gasteiger partial charge < -0.3 is 0 Å². The molecular weight excluding hydrogens is 332 g/mol. The molecule has 25 heavy (non-hydrogen) atoms. The number of aryl methyl sites for hydroxylation is 1. The van der Waals surface area contributed by atoms with Crippen LogP contribution in [-0.4, -0.2) is 19.2 Å². The second-order valence-electron chi connectivity index (χ2n) is 5.81. The maximum Gasteiger partial charge on any atom is 0.232 e. The number of pyridine rings is 1. The maximum absolute atomic E-state index is 12.2. The molecule has 1 N–H and O–H groups in total. The fourth-order valence-corrected chi connectivity index (χ4v) is 3.68. The van der Waals surface area contributed by atoms with E-state index in [0.717, 1.165) is 23.2 Å². The van der Waals surface area contributed by atoms with Crippen molar-refractivity contribution in [2.24, 2.45) is 0 Å². The lowest BCUT2D eigenvalue weighted by atomic mass is 10.1. The third-order valence-electron chi connectivity index (χ3n) is 3.83. The average Bonchev–Trinajstić information content (AvgIpc) is 2.63. The largest absolute Gasteiger partial charge is 0.282 e. The van der Waals surface area contributed by atoms with Gasteiger partial charge in [-0.3, -0.25) is 9.71 Å². The van der Waals surface area contributed by atoms with Crippen LogP contribution in [-0.2, 0) is 16.4 Å². The molecule has 0 atom stereocenters. The van der Waals surface area contributed by atoms with E-state index in [1.807, 2.05) is 66.7 Å². The van der Waals surface area contributed by atoms with Gasteiger partial charge in [-0.15, -0.1) is 0 Å². The molecule has 0 aliphatic rings. The Labute approximate surface area is 148 Å². The summed E-state index contributed by atoms with van der Waals surface area (Å²) in [5.74, 6) is 0.0856. The fourth-order valence-electron chi connectivity index (χ4n) is 2.58. The fraction of sp³-hybridized carbons (Fsp3) is 0.150. The van der Waals surface area contributed by atoms with Crippen LogP contribution < -0.4 is 4.72 Å². The minimum Gasteiger partial charge on any atom is -0.282 e. The summed E-state index contributed by atoms with van der Waals surface area (Å²) < 4.78 is 27.0. The SMILES string of the molecule is O=S(=O)(CCCc1ccccc1)Nc1ccc(-c2ccccc2)nc1. The van der Waals surface area contributed by atoms with E-state index in [0.29, 0.717) is 12.1 Å². The van der Waals surface area contributed by atoms with E-state index in [9.17, 15) is 8.42 Å². The molecule has 4 nitrogen and oxygen atoms in total. The number of aromatic nitrogens is 1. The van der Waals surface area contributed by atoms with Crippen molar-refractivity contribution in [3.8, 4) is 11.3 Å². The van der Waals surface area contributed by atoms with E-state index < -0.39 is 10.0 Å². The summed E-state index contributed by atoms with van der Waals surface area (Å²) in [6.45, 7) is 0. The minimum atomic E-state index is -3.37. The molecule has 0 spiro atoms. The number of rotatable bonds is 7. The van der Waals surface area contributed by atoms with E-state index in [1.54, 1.807) is 12.3 Å². The first-order valence-corrected chi connectivity index (χ1v) is 9.83. The van der Waals surface area contributed by atoms with Crippen LogP contribution in [0.2, 0.25) is 0 Å². The van der Waals surface area contributed by atoms with Crippen LogP contribution in [0.5, 0.6) is 0 Å². The normalized spacial score (nSPS) is 11.2. The zero-order valence-corrected chi connectivity index (χ0v) is 14.6. The van der Waals surface area contributed by atoms with Crippen molar-refractivity contribution in [3.63, 3.8) is 0 Å². The second kappa shape index (κ2) is 7.94. The summed E-state index contributed by atoms with van der Waals surface area (Å²) in [4.78, 5) is 4.33. The minimum absolute atomic E-state index is 0.0856. The first-order valence-electron chi connectivity index (χ1n) is 8.18. The van der Waals surface area contributed by atoms with E-state index >= 15 is 0 Å². The third kappa shape index (κ3) is 5.16. The van der Waals surface area contributed by atoms with Gasteiger partial charge in [0.15, 0.2) is 0 Å². The Bertz CT molecular complexity index is 893. The predicted octanol–water partition coefficient (Wildman–Crippen LogP) is 4.12. The van der Waals surface area contributed by atoms with Crippen LogP contribution in [0.4, 0.5) is 5.69 Å². The Balaban J connectivity index is 1.57. The van der Waals surface area contributed by atoms with Crippen molar-refractivity contribution in [1.29, 1.82) is 0 Å². The van der Waals surface area contributed by atoms with Crippen LogP contribution in [0.1, 0.15) is 12.0 Å². The molecule has 3 rings (SSSR count). The van der Waals surface area contributed by atoms with Gasteiger partial charge in [0.2, 0.25) is 10.0 Å². The van der Waals surface area contributed by atoms with Gasteiger partial charge in [-0.05, 0) is 30.5 Å². The van der Waals surface area contributed by atoms with Gasteiger partial charge in [-0.1, -0.05) is 60.7 Å². The average molecular weight is 352 g/mol. The molecule has 0 fully saturated rings. The van der Waals surface area contributed by atoms with Gasteiger partial charge in [0, 0.05) is 5.56 Å². The van der Waals surface area contributed by atoms with Crippen molar-refractivity contribution in [3.05, 3.63) is 84.6 Å². The molecule has 0 amide bonds. The van der Waals surface area contributed by atoms with Crippen molar-refractivity contribution < 1.29 is 8.42 Å². The molecule has 1 aromatic heterocycles. The van der Waals surface area contributed by atoms with Gasteiger partial charge in [0.1, 0.15) is 0 Å². The van der Waals surface area contributed by atoms with E-state index in [-0.39, 0.29) is 5.75 Å². The monoisotopic (exact) mass is 352 g/mol. The summed E-state index contributed by atoms with van der Waals surface area (Å²) in [5, 5.41) is 0. The Morgan fingerprint density at radius 1 is 0.840 bits per heavy atom. The number of benzene rings is 2. The van der Waals surface area contributed by atoms with Crippen LogP contribution in [0.15, 0.2) is 79.0 Å². The van der Waals surface area contributed by atoms with Crippen molar-refractivity contribution in [2.75, 3.05) is 10.5 Å². The number of hydrogen-bond donors (Lipinski definition) is 1. The van der Waals surface area contributed by atoms with Crippen LogP contribution >= 0.6 is 0 Å². The number of anilines is 1. The summed E-state index contributed by atoms with van der Waals surface area (Å²) >= 11 is 0. The quantitative estimate of drug-likeness (QED) is 0.696. The summed E-state index contributed by atoms with van der Waals surface area (Å²) in [7, 11) is -3.37. The highest BCUT2D eigenvalue weighted by molar-refractivity contribution is 7.92. The summed E-state index contributed by atoms with van der Waals surface area (Å²) in [6, 6.07) is 23.2. The van der Waals surface area contributed by atoms with E-state index in [2.05, 4.69) is 9.71 Å². The maximum atomic E-state index is 12.2. The Hall–Kier alpha value is -2.66. The number of sulfonamides is 1. The lowest BCUT2D eigenvalue weighted by molar-refractivity contribution is 0.598. The molecule has 1 heterocycles. The van der Waals surface area contributed by atoms with Crippen LogP contribution in [0.25, 0.3) is 11.3 Å². The lowest BCUT2D eigenvalue weighted by Crippen LogP contribution is -2.17. The molecule has 0 saturated carbocycles. The third-order valence-corrected chi connectivity index (χ3v) is 5.20. The Morgan fingerprint density at radius 2 is 1.52 bits per heavy atom. The predicted molar refractivity (Wildman–Crippen MR) is 102 cm³/mol. The highest BCUT2D eigenvalue weighted by Crippen LogP contribution is 2.18. The molecule has 0 aliphatic heterocycles. The van der Waals surface area contributed by atoms with E-state index in [1.165, 1.54) is 0 Å². The highest BCUT2D eigenvalue weighted by Gasteiger charge is 2.11. The smallest absolute Gasteiger partial charge is 0.232 e. The highest BCUT2D eigenvalue weighted by atomic mass is 32.2. The van der Waals surface area contributed by atoms with Gasteiger partial charge in [-0.2, -0.15) is 0 Å². The molecule has 0 saturated heterocycles. The molecule has 5 heteroatoms.